The Kier molecular flexibility index (Phi) is 7.23. The quantitative estimate of drug-likeness (QED) is 0.197. The molecule has 3 unspecified atom stereocenters. The molecule has 0 amide bonds. The molecule has 0 aliphatic carbocycles. The van der Waals surface area contributed by atoms with Crippen molar-refractivity contribution in [2.24, 2.45) is 0 Å². The maximum atomic E-state index is 15.9. The number of pyridine rings is 1. The zero-order valence-electron chi connectivity index (χ0n) is 22.6. The fourth-order valence-electron chi connectivity index (χ4n) is 5.35. The molecule has 44 heavy (non-hydrogen) atoms. The Morgan fingerprint density at radius 2 is 1.55 bits per heavy atom. The number of phosphoric acid groups is 1. The number of ether oxygens (including phenoxy) is 2. The van der Waals surface area contributed by atoms with Crippen molar-refractivity contribution >= 4 is 56.7 Å². The first-order chi connectivity index (χ1) is 20.9. The van der Waals surface area contributed by atoms with Crippen LogP contribution in [0, 0.1) is 0 Å². The molecule has 0 spiro atoms. The number of aromatic nitrogens is 7. The normalized spacial score (nSPS) is 38.2. The van der Waals surface area contributed by atoms with Gasteiger partial charge in [0.25, 0.3) is 15.0 Å². The maximum Gasteiger partial charge on any atom is 0.472 e. The van der Waals surface area contributed by atoms with Crippen LogP contribution >= 0.6 is 15.3 Å². The number of alkyl halides is 2. The first-order valence-electron chi connectivity index (χ1n) is 13.1. The zero-order chi connectivity index (χ0) is 31.0. The van der Waals surface area contributed by atoms with Gasteiger partial charge in [0.05, 0.1) is 31.6 Å². The molecule has 4 aromatic heterocycles. The number of rotatable bonds is 2. The number of nitrogens with zero attached hydrogens (tertiary/aromatic N) is 7. The topological polar surface area (TPSA) is 236 Å². The van der Waals surface area contributed by atoms with Gasteiger partial charge in [-0.1, -0.05) is 0 Å². The molecule has 4 aromatic rings. The van der Waals surface area contributed by atoms with Crippen molar-refractivity contribution in [3.63, 3.8) is 0 Å². The molecule has 2 bridgehead atoms. The molecule has 3 saturated heterocycles. The van der Waals surface area contributed by atoms with E-state index in [2.05, 4.69) is 24.9 Å². The molecule has 3 fully saturated rings. The Labute approximate surface area is 246 Å². The Balaban J connectivity index is 1.20. The summed E-state index contributed by atoms with van der Waals surface area (Å²) in [6.45, 7) is -1.49. The van der Waals surface area contributed by atoms with Crippen LogP contribution in [0.3, 0.4) is 0 Å². The van der Waals surface area contributed by atoms with Crippen LogP contribution in [-0.4, -0.2) is 96.5 Å². The average molecular weight is 657 g/mol. The van der Waals surface area contributed by atoms with Crippen molar-refractivity contribution in [2.75, 3.05) is 24.7 Å². The third-order valence-corrected chi connectivity index (χ3v) is 9.63. The van der Waals surface area contributed by atoms with Crippen LogP contribution in [-0.2, 0) is 36.7 Å². The number of imidazole rings is 2. The van der Waals surface area contributed by atoms with Crippen molar-refractivity contribution in [1.82, 2.24) is 34.1 Å². The van der Waals surface area contributed by atoms with Crippen molar-refractivity contribution in [3.05, 3.63) is 31.2 Å². The highest BCUT2D eigenvalue weighted by Crippen LogP contribution is 2.54. The second kappa shape index (κ2) is 10.7. The number of fused-ring (bicyclic) bond motifs is 5. The lowest BCUT2D eigenvalue weighted by molar-refractivity contribution is -0.0613. The SMILES string of the molecule is BP1(=O)OC[C@H]2O[C@@H](n3cnc4c(N)ncnc43)[C@H](F)[C@@H]2OP(=O)(O)OC[C@H]2O[C@@H](n3cnc4c(N)ccnc43)[C@H](O1)C2F. The standard InChI is InChI=1S/C21H24BF2N9O9P2/c22-43(34)37-4-10-15(12(24)20(40-10)32-7-31-14-17(26)28-5-29-19(14)32)42-44(35,36)38-3-9-11(23)16(41-43)21(39-9)33-6-30-13-8(25)1-2-27-18(13)33/h1-2,5-7,9-12,15-16,20-21H,3-4,22H2,(H2,25,27)(H,35,36)(H2,26,28,29)/t9-,10-,11?,12-,15-,16-,20-,21-,43?/m1/s1. The van der Waals surface area contributed by atoms with Crippen LogP contribution < -0.4 is 11.5 Å². The Bertz CT molecular complexity index is 1840. The van der Waals surface area contributed by atoms with E-state index >= 15 is 8.78 Å². The summed E-state index contributed by atoms with van der Waals surface area (Å²) >= 11 is 0. The van der Waals surface area contributed by atoms with Crippen LogP contribution in [0.15, 0.2) is 31.2 Å². The van der Waals surface area contributed by atoms with Gasteiger partial charge in [0.15, 0.2) is 41.9 Å². The van der Waals surface area contributed by atoms with Gasteiger partial charge in [-0.05, 0) is 6.07 Å². The zero-order valence-corrected chi connectivity index (χ0v) is 24.4. The van der Waals surface area contributed by atoms with E-state index in [1.54, 1.807) is 0 Å². The fraction of sp³-hybridized carbons (Fsp3) is 0.476. The van der Waals surface area contributed by atoms with Gasteiger partial charge < -0.3 is 34.9 Å². The number of hydrogen-bond donors (Lipinski definition) is 3. The second-order valence-electron chi connectivity index (χ2n) is 10.3. The lowest BCUT2D eigenvalue weighted by atomic mass is 10.1. The first-order valence-corrected chi connectivity index (χ1v) is 16.6. The van der Waals surface area contributed by atoms with E-state index < -0.39 is 77.7 Å². The van der Waals surface area contributed by atoms with Crippen LogP contribution in [0.4, 0.5) is 20.3 Å². The largest absolute Gasteiger partial charge is 0.472 e. The van der Waals surface area contributed by atoms with Gasteiger partial charge in [-0.3, -0.25) is 22.7 Å². The minimum absolute atomic E-state index is 0.0332. The fourth-order valence-corrected chi connectivity index (χ4v) is 7.45. The smallest absolute Gasteiger partial charge is 0.397 e. The van der Waals surface area contributed by atoms with E-state index in [0.717, 1.165) is 13.9 Å². The van der Waals surface area contributed by atoms with Crippen molar-refractivity contribution in [3.8, 4) is 0 Å². The molecule has 7 rings (SSSR count). The van der Waals surface area contributed by atoms with Crippen molar-refractivity contribution < 1.29 is 50.4 Å². The van der Waals surface area contributed by atoms with Crippen LogP contribution in [0.2, 0.25) is 0 Å². The van der Waals surface area contributed by atoms with E-state index in [-0.39, 0.29) is 22.6 Å². The molecule has 0 radical (unpaired) electrons. The predicted octanol–water partition coefficient (Wildman–Crippen LogP) is 0.565. The van der Waals surface area contributed by atoms with Crippen molar-refractivity contribution in [1.29, 1.82) is 0 Å². The molecule has 3 aliphatic heterocycles. The molecule has 5 N–H and O–H groups in total. The van der Waals surface area contributed by atoms with Crippen LogP contribution in [0.1, 0.15) is 12.5 Å². The van der Waals surface area contributed by atoms with Gasteiger partial charge in [-0.25, -0.2) is 38.3 Å². The molecule has 18 nitrogen and oxygen atoms in total. The van der Waals surface area contributed by atoms with E-state index in [9.17, 15) is 14.0 Å². The monoisotopic (exact) mass is 657 g/mol. The van der Waals surface area contributed by atoms with Crippen LogP contribution in [0.5, 0.6) is 0 Å². The number of nitrogens with two attached hydrogens (primary N) is 2. The van der Waals surface area contributed by atoms with Crippen molar-refractivity contribution in [2.45, 2.75) is 49.2 Å². The van der Waals surface area contributed by atoms with Gasteiger partial charge in [0.1, 0.15) is 41.8 Å². The molecule has 10 atom stereocenters. The highest BCUT2D eigenvalue weighted by Gasteiger charge is 2.54. The predicted molar refractivity (Wildman–Crippen MR) is 147 cm³/mol. The summed E-state index contributed by atoms with van der Waals surface area (Å²) < 4.78 is 93.8. The minimum atomic E-state index is -5.09. The summed E-state index contributed by atoms with van der Waals surface area (Å²) in [6.07, 6.45) is -8.28. The highest BCUT2D eigenvalue weighted by atomic mass is 31.2. The number of hydrogen-bond acceptors (Lipinski definition) is 15. The molecule has 3 aliphatic rings. The molecule has 23 heteroatoms. The molecule has 0 saturated carbocycles. The maximum absolute atomic E-state index is 15.9. The first kappa shape index (κ1) is 29.6. The molecular formula is C21H24BF2N9O9P2. The second-order valence-corrected chi connectivity index (χ2v) is 13.7. The summed E-state index contributed by atoms with van der Waals surface area (Å²) in [6, 6.07) is 1.52. The molecule has 7 heterocycles. The van der Waals surface area contributed by atoms with E-state index in [1.165, 1.54) is 34.1 Å². The van der Waals surface area contributed by atoms with E-state index in [1.807, 2.05) is 0 Å². The van der Waals surface area contributed by atoms with Gasteiger partial charge in [0, 0.05) is 6.20 Å². The Hall–Kier alpha value is -3.13. The van der Waals surface area contributed by atoms with Crippen LogP contribution in [0.25, 0.3) is 22.3 Å². The third kappa shape index (κ3) is 5.07. The number of halogens is 2. The highest BCUT2D eigenvalue weighted by molar-refractivity contribution is 7.79. The summed E-state index contributed by atoms with van der Waals surface area (Å²) in [4.78, 5) is 30.9. The van der Waals surface area contributed by atoms with E-state index in [4.69, 9.17) is 39.0 Å². The summed E-state index contributed by atoms with van der Waals surface area (Å²) in [5.41, 5.74) is 12.9. The van der Waals surface area contributed by atoms with Gasteiger partial charge in [-0.2, -0.15) is 0 Å². The van der Waals surface area contributed by atoms with Gasteiger partial charge in [0.2, 0.25) is 0 Å². The Morgan fingerprint density at radius 3 is 2.34 bits per heavy atom. The van der Waals surface area contributed by atoms with Gasteiger partial charge >= 0.3 is 7.82 Å². The lowest BCUT2D eigenvalue weighted by Crippen LogP contribution is -2.34. The van der Waals surface area contributed by atoms with E-state index in [0.29, 0.717) is 11.2 Å². The average Bonchev–Trinajstić information content (AvgIpc) is 3.73. The molecule has 234 valence electrons. The summed E-state index contributed by atoms with van der Waals surface area (Å²) in [7, 11) is -8.16. The Morgan fingerprint density at radius 1 is 0.864 bits per heavy atom. The number of nitrogen functional groups attached to an aromatic ring is 2. The lowest BCUT2D eigenvalue weighted by Gasteiger charge is -2.26. The summed E-state index contributed by atoms with van der Waals surface area (Å²) in [5, 5.41) is 0. The van der Waals surface area contributed by atoms with Gasteiger partial charge in [-0.15, -0.1) is 0 Å². The number of phosphoric ester groups is 1. The third-order valence-electron chi connectivity index (χ3n) is 7.40. The number of anilines is 2. The minimum Gasteiger partial charge on any atom is -0.397 e. The molecule has 0 aromatic carbocycles. The molecular weight excluding hydrogens is 633 g/mol. The summed E-state index contributed by atoms with van der Waals surface area (Å²) in [5.74, 6) is 0.0332.